The SMILES string of the molecule is COc1cc(CC2(C(=O)N[C@H](C(N)=O)[C@@H](C)O)CCCN2C(=O)C2CCCN2C(=O)O)cc(OC)c1OC. The summed E-state index contributed by atoms with van der Waals surface area (Å²) < 4.78 is 16.3. The first kappa shape index (κ1) is 28.8. The van der Waals surface area contributed by atoms with Crippen LogP contribution in [0, 0.1) is 0 Å². The number of carbonyl (C=O) groups excluding carboxylic acids is 3. The fraction of sp³-hybridized carbons (Fsp3) is 0.600. The minimum Gasteiger partial charge on any atom is -0.493 e. The fourth-order valence-electron chi connectivity index (χ4n) is 5.41. The number of carbonyl (C=O) groups is 4. The Morgan fingerprint density at radius 3 is 2.24 bits per heavy atom. The maximum absolute atomic E-state index is 13.9. The summed E-state index contributed by atoms with van der Waals surface area (Å²) in [6.07, 6.45) is -0.951. The molecular weight excluding hydrogens is 500 g/mol. The van der Waals surface area contributed by atoms with Crippen LogP contribution in [0.5, 0.6) is 17.2 Å². The quantitative estimate of drug-likeness (QED) is 0.323. The van der Waals surface area contributed by atoms with Crippen molar-refractivity contribution < 1.29 is 43.6 Å². The molecule has 2 heterocycles. The first-order valence-corrected chi connectivity index (χ1v) is 12.4. The summed E-state index contributed by atoms with van der Waals surface area (Å²) >= 11 is 0. The molecular formula is C25H36N4O9. The third kappa shape index (κ3) is 5.42. The maximum Gasteiger partial charge on any atom is 0.407 e. The molecule has 1 aromatic carbocycles. The summed E-state index contributed by atoms with van der Waals surface area (Å²) in [4.78, 5) is 54.0. The van der Waals surface area contributed by atoms with Gasteiger partial charge in [-0.2, -0.15) is 0 Å². The van der Waals surface area contributed by atoms with Crippen LogP contribution in [-0.2, 0) is 20.8 Å². The van der Waals surface area contributed by atoms with Gasteiger partial charge in [0, 0.05) is 19.5 Å². The van der Waals surface area contributed by atoms with Gasteiger partial charge in [-0.05, 0) is 50.3 Å². The van der Waals surface area contributed by atoms with Gasteiger partial charge in [0.05, 0.1) is 27.4 Å². The van der Waals surface area contributed by atoms with E-state index in [4.69, 9.17) is 19.9 Å². The minimum absolute atomic E-state index is 0.00757. The van der Waals surface area contributed by atoms with Crippen LogP contribution in [-0.4, -0.2) is 102 Å². The lowest BCUT2D eigenvalue weighted by atomic mass is 9.85. The molecule has 0 spiro atoms. The van der Waals surface area contributed by atoms with Crippen LogP contribution in [0.1, 0.15) is 38.2 Å². The standard InChI is InChI=1S/C25H36N4O9/c1-14(30)19(21(26)31)27-23(33)25(13-15-11-17(36-2)20(38-4)18(12-15)37-3)8-6-10-29(25)22(32)16-7-5-9-28(16)24(34)35/h11-12,14,16,19,30H,5-10,13H2,1-4H3,(H2,26,31)(H,27,33)(H,34,35)/t14-,16?,19+,25?/m1/s1. The van der Waals surface area contributed by atoms with Crippen molar-refractivity contribution in [1.82, 2.24) is 15.1 Å². The number of aliphatic hydroxyl groups is 1. The van der Waals surface area contributed by atoms with Crippen LogP contribution in [0.4, 0.5) is 4.79 Å². The number of nitrogens with zero attached hydrogens (tertiary/aromatic N) is 2. The average Bonchev–Trinajstić information content (AvgIpc) is 3.54. The zero-order valence-corrected chi connectivity index (χ0v) is 22.1. The number of primary amides is 1. The van der Waals surface area contributed by atoms with Crippen molar-refractivity contribution in [3.8, 4) is 17.2 Å². The zero-order valence-electron chi connectivity index (χ0n) is 22.1. The van der Waals surface area contributed by atoms with Crippen LogP contribution in [0.15, 0.2) is 12.1 Å². The second kappa shape index (κ2) is 11.8. The van der Waals surface area contributed by atoms with E-state index >= 15 is 0 Å². The molecule has 2 saturated heterocycles. The second-order valence-corrected chi connectivity index (χ2v) is 9.56. The Morgan fingerprint density at radius 1 is 1.11 bits per heavy atom. The number of carboxylic acid groups (broad SMARTS) is 1. The van der Waals surface area contributed by atoms with E-state index in [0.717, 1.165) is 4.90 Å². The Morgan fingerprint density at radius 2 is 1.74 bits per heavy atom. The lowest BCUT2D eigenvalue weighted by Gasteiger charge is -2.40. The van der Waals surface area contributed by atoms with Crippen LogP contribution < -0.4 is 25.3 Å². The number of methoxy groups -OCH3 is 3. The molecule has 2 unspecified atom stereocenters. The number of aliphatic hydroxyl groups excluding tert-OH is 1. The first-order chi connectivity index (χ1) is 18.0. The molecule has 0 radical (unpaired) electrons. The van der Waals surface area contributed by atoms with Gasteiger partial charge in [-0.15, -0.1) is 0 Å². The van der Waals surface area contributed by atoms with Gasteiger partial charge in [0.1, 0.15) is 17.6 Å². The maximum atomic E-state index is 13.9. The number of nitrogens with two attached hydrogens (primary N) is 1. The molecule has 0 bridgehead atoms. The number of amides is 4. The normalized spacial score (nSPS) is 22.5. The average molecular weight is 537 g/mol. The molecule has 2 fully saturated rings. The highest BCUT2D eigenvalue weighted by Crippen LogP contribution is 2.42. The van der Waals surface area contributed by atoms with Gasteiger partial charge in [-0.1, -0.05) is 0 Å². The lowest BCUT2D eigenvalue weighted by molar-refractivity contribution is -0.149. The highest BCUT2D eigenvalue weighted by atomic mass is 16.5. The molecule has 13 nitrogen and oxygen atoms in total. The molecule has 4 atom stereocenters. The number of rotatable bonds is 10. The Balaban J connectivity index is 2.09. The van der Waals surface area contributed by atoms with Crippen molar-refractivity contribution in [2.45, 2.75) is 62.8 Å². The Labute approximate surface area is 220 Å². The van der Waals surface area contributed by atoms with Gasteiger partial charge in [0.15, 0.2) is 11.5 Å². The van der Waals surface area contributed by atoms with Crippen molar-refractivity contribution in [3.05, 3.63) is 17.7 Å². The van der Waals surface area contributed by atoms with Gasteiger partial charge < -0.3 is 40.4 Å². The second-order valence-electron chi connectivity index (χ2n) is 9.56. The number of ether oxygens (including phenoxy) is 3. The third-order valence-electron chi connectivity index (χ3n) is 7.26. The Bertz CT molecular complexity index is 1050. The largest absolute Gasteiger partial charge is 0.493 e. The molecule has 3 rings (SSSR count). The van der Waals surface area contributed by atoms with Crippen LogP contribution >= 0.6 is 0 Å². The van der Waals surface area contributed by atoms with Gasteiger partial charge in [0.25, 0.3) is 0 Å². The molecule has 2 aliphatic heterocycles. The van der Waals surface area contributed by atoms with E-state index in [9.17, 15) is 29.4 Å². The Kier molecular flexibility index (Phi) is 8.92. The number of hydrogen-bond donors (Lipinski definition) is 4. The zero-order chi connectivity index (χ0) is 28.2. The molecule has 0 aromatic heterocycles. The van der Waals surface area contributed by atoms with Gasteiger partial charge in [0.2, 0.25) is 23.5 Å². The van der Waals surface area contributed by atoms with Crippen LogP contribution in [0.25, 0.3) is 0 Å². The number of benzene rings is 1. The summed E-state index contributed by atoms with van der Waals surface area (Å²) in [6.45, 7) is 1.75. The minimum atomic E-state index is -1.50. The predicted octanol–water partition coefficient (Wildman–Crippen LogP) is 0.109. The summed E-state index contributed by atoms with van der Waals surface area (Å²) in [6, 6.07) is 1.01. The van der Waals surface area contributed by atoms with E-state index in [2.05, 4.69) is 5.32 Å². The summed E-state index contributed by atoms with van der Waals surface area (Å²) in [5.41, 5.74) is 4.49. The fourth-order valence-corrected chi connectivity index (χ4v) is 5.41. The molecule has 0 saturated carbocycles. The number of nitrogens with one attached hydrogen (secondary N) is 1. The van der Waals surface area contributed by atoms with E-state index in [1.165, 1.54) is 33.2 Å². The first-order valence-electron chi connectivity index (χ1n) is 12.4. The van der Waals surface area contributed by atoms with Crippen molar-refractivity contribution in [3.63, 3.8) is 0 Å². The van der Waals surface area contributed by atoms with E-state index in [1.54, 1.807) is 12.1 Å². The van der Waals surface area contributed by atoms with Crippen molar-refractivity contribution in [2.75, 3.05) is 34.4 Å². The summed E-state index contributed by atoms with van der Waals surface area (Å²) in [7, 11) is 4.37. The van der Waals surface area contributed by atoms with E-state index in [1.807, 2.05) is 0 Å². The summed E-state index contributed by atoms with van der Waals surface area (Å²) in [5, 5.41) is 22.2. The molecule has 38 heavy (non-hydrogen) atoms. The van der Waals surface area contributed by atoms with Gasteiger partial charge >= 0.3 is 6.09 Å². The topological polar surface area (TPSA) is 181 Å². The van der Waals surface area contributed by atoms with Gasteiger partial charge in [-0.25, -0.2) is 4.79 Å². The molecule has 4 amide bonds. The van der Waals surface area contributed by atoms with Gasteiger partial charge in [-0.3, -0.25) is 19.3 Å². The number of hydrogen-bond acceptors (Lipinski definition) is 8. The van der Waals surface area contributed by atoms with E-state index in [-0.39, 0.29) is 25.9 Å². The summed E-state index contributed by atoms with van der Waals surface area (Å²) in [5.74, 6) is -1.05. The molecule has 2 aliphatic rings. The Hall–Kier alpha value is -3.74. The van der Waals surface area contributed by atoms with Crippen LogP contribution in [0.2, 0.25) is 0 Å². The van der Waals surface area contributed by atoms with Crippen molar-refractivity contribution in [2.24, 2.45) is 5.73 Å². The highest BCUT2D eigenvalue weighted by molar-refractivity contribution is 5.97. The van der Waals surface area contributed by atoms with E-state index < -0.39 is 47.5 Å². The van der Waals surface area contributed by atoms with Crippen LogP contribution in [0.3, 0.4) is 0 Å². The molecule has 1 aromatic rings. The van der Waals surface area contributed by atoms with E-state index in [0.29, 0.717) is 42.1 Å². The number of likely N-dealkylation sites (tertiary alicyclic amines) is 2. The monoisotopic (exact) mass is 536 g/mol. The third-order valence-corrected chi connectivity index (χ3v) is 7.26. The van der Waals surface area contributed by atoms with Crippen molar-refractivity contribution >= 4 is 23.8 Å². The smallest absolute Gasteiger partial charge is 0.407 e. The molecule has 210 valence electrons. The molecule has 5 N–H and O–H groups in total. The lowest BCUT2D eigenvalue weighted by Crippen LogP contribution is -2.64. The predicted molar refractivity (Wildman–Crippen MR) is 134 cm³/mol. The van der Waals surface area contributed by atoms with Crippen molar-refractivity contribution in [1.29, 1.82) is 0 Å². The molecule has 13 heteroatoms. The molecule has 0 aliphatic carbocycles. The highest BCUT2D eigenvalue weighted by Gasteiger charge is 2.53.